The van der Waals surface area contributed by atoms with Crippen molar-refractivity contribution in [3.63, 3.8) is 0 Å². The number of hydrogen-bond donors (Lipinski definition) is 2. The molecule has 0 aliphatic rings. The monoisotopic (exact) mass is 298 g/mol. The standard InChI is InChI=1S/C17H18N2O3/c1-11-8-12(2)10-13(9-11)16(20)18-19-17(21)14-6-4-5-7-15(14)22-3/h4-10H,1-3H3,(H,18,20)(H,19,21). The predicted octanol–water partition coefficient (Wildman–Crippen LogP) is 2.39. The Balaban J connectivity index is 2.06. The molecule has 0 bridgehead atoms. The van der Waals surface area contributed by atoms with Crippen molar-refractivity contribution in [1.29, 1.82) is 0 Å². The van der Waals surface area contributed by atoms with Crippen LogP contribution < -0.4 is 15.6 Å². The number of nitrogens with one attached hydrogen (secondary N) is 2. The van der Waals surface area contributed by atoms with Crippen molar-refractivity contribution in [3.8, 4) is 5.75 Å². The molecule has 5 nitrogen and oxygen atoms in total. The van der Waals surface area contributed by atoms with Crippen molar-refractivity contribution >= 4 is 11.8 Å². The van der Waals surface area contributed by atoms with Crippen LogP contribution in [0.1, 0.15) is 31.8 Å². The average molecular weight is 298 g/mol. The molecule has 0 aliphatic heterocycles. The molecule has 0 spiro atoms. The van der Waals surface area contributed by atoms with Gasteiger partial charge in [-0.2, -0.15) is 0 Å². The van der Waals surface area contributed by atoms with Crippen molar-refractivity contribution in [2.24, 2.45) is 0 Å². The van der Waals surface area contributed by atoms with Gasteiger partial charge < -0.3 is 4.74 Å². The van der Waals surface area contributed by atoms with Gasteiger partial charge in [0.1, 0.15) is 5.75 Å². The highest BCUT2D eigenvalue weighted by Crippen LogP contribution is 2.16. The minimum absolute atomic E-state index is 0.353. The van der Waals surface area contributed by atoms with E-state index < -0.39 is 5.91 Å². The number of hydrazine groups is 1. The number of para-hydroxylation sites is 1. The van der Waals surface area contributed by atoms with Gasteiger partial charge in [-0.25, -0.2) is 0 Å². The van der Waals surface area contributed by atoms with Crippen LogP contribution in [-0.2, 0) is 0 Å². The molecule has 114 valence electrons. The second-order valence-corrected chi connectivity index (χ2v) is 4.98. The van der Waals surface area contributed by atoms with Crippen LogP contribution in [0.25, 0.3) is 0 Å². The molecule has 0 saturated heterocycles. The van der Waals surface area contributed by atoms with Crippen LogP contribution in [-0.4, -0.2) is 18.9 Å². The van der Waals surface area contributed by atoms with Gasteiger partial charge in [-0.3, -0.25) is 20.4 Å². The minimum Gasteiger partial charge on any atom is -0.496 e. The molecular formula is C17H18N2O3. The Morgan fingerprint density at radius 1 is 0.909 bits per heavy atom. The lowest BCUT2D eigenvalue weighted by Gasteiger charge is -2.10. The number of methoxy groups -OCH3 is 1. The quantitative estimate of drug-likeness (QED) is 0.855. The maximum Gasteiger partial charge on any atom is 0.273 e. The van der Waals surface area contributed by atoms with Crippen molar-refractivity contribution in [2.45, 2.75) is 13.8 Å². The van der Waals surface area contributed by atoms with E-state index in [2.05, 4.69) is 10.9 Å². The number of ether oxygens (including phenoxy) is 1. The summed E-state index contributed by atoms with van der Waals surface area (Å²) in [5, 5.41) is 0. The summed E-state index contributed by atoms with van der Waals surface area (Å²) in [6.45, 7) is 3.83. The largest absolute Gasteiger partial charge is 0.496 e. The highest BCUT2D eigenvalue weighted by Gasteiger charge is 2.13. The maximum absolute atomic E-state index is 12.1. The molecule has 0 aromatic heterocycles. The average Bonchev–Trinajstić information content (AvgIpc) is 2.51. The molecule has 2 aromatic rings. The number of amides is 2. The molecule has 0 saturated carbocycles. The van der Waals surface area contributed by atoms with Crippen LogP contribution in [0.4, 0.5) is 0 Å². The lowest BCUT2D eigenvalue weighted by Crippen LogP contribution is -2.41. The zero-order valence-electron chi connectivity index (χ0n) is 12.8. The van der Waals surface area contributed by atoms with Gasteiger partial charge in [0.2, 0.25) is 0 Å². The van der Waals surface area contributed by atoms with Crippen LogP contribution in [0.3, 0.4) is 0 Å². The van der Waals surface area contributed by atoms with E-state index in [0.717, 1.165) is 11.1 Å². The number of aryl methyl sites for hydroxylation is 2. The molecule has 0 radical (unpaired) electrons. The van der Waals surface area contributed by atoms with Gasteiger partial charge in [0.25, 0.3) is 11.8 Å². The molecule has 0 atom stereocenters. The Labute approximate surface area is 129 Å². The predicted molar refractivity (Wildman–Crippen MR) is 83.8 cm³/mol. The highest BCUT2D eigenvalue weighted by atomic mass is 16.5. The van der Waals surface area contributed by atoms with E-state index in [0.29, 0.717) is 16.9 Å². The summed E-state index contributed by atoms with van der Waals surface area (Å²) in [6.07, 6.45) is 0. The molecular weight excluding hydrogens is 280 g/mol. The molecule has 0 unspecified atom stereocenters. The number of hydrogen-bond acceptors (Lipinski definition) is 3. The number of benzene rings is 2. The van der Waals surface area contributed by atoms with Gasteiger partial charge in [0, 0.05) is 5.56 Å². The zero-order valence-corrected chi connectivity index (χ0v) is 12.8. The normalized spacial score (nSPS) is 9.95. The first-order valence-electron chi connectivity index (χ1n) is 6.83. The first-order valence-corrected chi connectivity index (χ1v) is 6.83. The fourth-order valence-electron chi connectivity index (χ4n) is 2.19. The summed E-state index contributed by atoms with van der Waals surface area (Å²) in [7, 11) is 1.49. The number of carbonyl (C=O) groups is 2. The molecule has 2 amide bonds. The fourth-order valence-corrected chi connectivity index (χ4v) is 2.19. The Kier molecular flexibility index (Phi) is 4.78. The van der Waals surface area contributed by atoms with Crippen LogP contribution in [0.5, 0.6) is 5.75 Å². The van der Waals surface area contributed by atoms with Gasteiger partial charge in [-0.15, -0.1) is 0 Å². The van der Waals surface area contributed by atoms with Gasteiger partial charge in [-0.1, -0.05) is 29.3 Å². The number of rotatable bonds is 3. The van der Waals surface area contributed by atoms with Gasteiger partial charge >= 0.3 is 0 Å². The Morgan fingerprint density at radius 2 is 1.50 bits per heavy atom. The van der Waals surface area contributed by atoms with E-state index in [1.165, 1.54) is 7.11 Å². The smallest absolute Gasteiger partial charge is 0.273 e. The van der Waals surface area contributed by atoms with Crippen molar-refractivity contribution < 1.29 is 14.3 Å². The summed E-state index contributed by atoms with van der Waals surface area (Å²) >= 11 is 0. The fraction of sp³-hybridized carbons (Fsp3) is 0.176. The van der Waals surface area contributed by atoms with Crippen LogP contribution in [0.15, 0.2) is 42.5 Å². The second kappa shape index (κ2) is 6.76. The molecule has 2 aromatic carbocycles. The third-order valence-electron chi connectivity index (χ3n) is 3.13. The summed E-state index contributed by atoms with van der Waals surface area (Å²) in [4.78, 5) is 24.2. The molecule has 2 N–H and O–H groups in total. The van der Waals surface area contributed by atoms with Crippen molar-refractivity contribution in [1.82, 2.24) is 10.9 Å². The van der Waals surface area contributed by atoms with E-state index in [1.807, 2.05) is 19.9 Å². The summed E-state index contributed by atoms with van der Waals surface area (Å²) in [5.74, 6) is -0.356. The van der Waals surface area contributed by atoms with E-state index >= 15 is 0 Å². The molecule has 5 heteroatoms. The molecule has 0 heterocycles. The lowest BCUT2D eigenvalue weighted by atomic mass is 10.1. The molecule has 0 aliphatic carbocycles. The third kappa shape index (κ3) is 3.63. The molecule has 22 heavy (non-hydrogen) atoms. The third-order valence-corrected chi connectivity index (χ3v) is 3.13. The van der Waals surface area contributed by atoms with Gasteiger partial charge in [0.05, 0.1) is 12.7 Å². The topological polar surface area (TPSA) is 67.4 Å². The molecule has 2 rings (SSSR count). The van der Waals surface area contributed by atoms with E-state index in [4.69, 9.17) is 4.74 Å². The first kappa shape index (κ1) is 15.6. The van der Waals surface area contributed by atoms with E-state index in [9.17, 15) is 9.59 Å². The Bertz CT molecular complexity index is 691. The minimum atomic E-state index is -0.435. The van der Waals surface area contributed by atoms with Crippen LogP contribution in [0.2, 0.25) is 0 Å². The first-order chi connectivity index (χ1) is 10.5. The summed E-state index contributed by atoms with van der Waals surface area (Å²) in [5.41, 5.74) is 7.63. The van der Waals surface area contributed by atoms with Crippen molar-refractivity contribution in [2.75, 3.05) is 7.11 Å². The van der Waals surface area contributed by atoms with E-state index in [1.54, 1.807) is 36.4 Å². The number of carbonyl (C=O) groups excluding carboxylic acids is 2. The summed E-state index contributed by atoms with van der Waals surface area (Å²) < 4.78 is 5.12. The maximum atomic E-state index is 12.1. The molecule has 0 fully saturated rings. The summed E-state index contributed by atoms with van der Waals surface area (Å²) in [6, 6.07) is 12.3. The van der Waals surface area contributed by atoms with E-state index in [-0.39, 0.29) is 5.91 Å². The highest BCUT2D eigenvalue weighted by molar-refractivity contribution is 6.00. The Morgan fingerprint density at radius 3 is 2.14 bits per heavy atom. The Hall–Kier alpha value is -2.82. The SMILES string of the molecule is COc1ccccc1C(=O)NNC(=O)c1cc(C)cc(C)c1. The second-order valence-electron chi connectivity index (χ2n) is 4.98. The van der Waals surface area contributed by atoms with Crippen LogP contribution >= 0.6 is 0 Å². The van der Waals surface area contributed by atoms with Gasteiger partial charge in [0.15, 0.2) is 0 Å². The van der Waals surface area contributed by atoms with Crippen molar-refractivity contribution in [3.05, 3.63) is 64.7 Å². The zero-order chi connectivity index (χ0) is 16.1. The van der Waals surface area contributed by atoms with Crippen LogP contribution in [0, 0.1) is 13.8 Å². The lowest BCUT2D eigenvalue weighted by molar-refractivity contribution is 0.0845. The van der Waals surface area contributed by atoms with Gasteiger partial charge in [-0.05, 0) is 38.1 Å².